The van der Waals surface area contributed by atoms with Gasteiger partial charge in [0.15, 0.2) is 0 Å². The van der Waals surface area contributed by atoms with Gasteiger partial charge in [-0.1, -0.05) is 24.4 Å². The Labute approximate surface area is 120 Å². The molecule has 1 heteroatoms. The number of hydrogen-bond acceptors (Lipinski definition) is 0. The Hall–Kier alpha value is -0.975. The van der Waals surface area contributed by atoms with E-state index in [4.69, 9.17) is 7.85 Å². The summed E-state index contributed by atoms with van der Waals surface area (Å²) < 4.78 is 0. The summed E-state index contributed by atoms with van der Waals surface area (Å²) in [7, 11) is 5.84. The van der Waals surface area contributed by atoms with Crippen LogP contribution in [0.15, 0.2) is 11.1 Å². The summed E-state index contributed by atoms with van der Waals surface area (Å²) in [4.78, 5) is 0. The van der Waals surface area contributed by atoms with Gasteiger partial charge in [0.1, 0.15) is 0 Å². The molecule has 0 saturated heterocycles. The fourth-order valence-corrected chi connectivity index (χ4v) is 2.85. The largest absolute Gasteiger partial charge is 0.0798 e. The Morgan fingerprint density at radius 3 is 1.63 bits per heavy atom. The molecule has 0 aliphatic carbocycles. The third kappa shape index (κ3) is 3.13. The van der Waals surface area contributed by atoms with Crippen LogP contribution in [0.2, 0.25) is 6.32 Å². The van der Waals surface area contributed by atoms with Crippen molar-refractivity contribution in [1.29, 1.82) is 0 Å². The average Bonchev–Trinajstić information content (AvgIpc) is 2.40. The number of rotatable bonds is 4. The molecule has 2 radical (unpaired) electrons. The highest BCUT2D eigenvalue weighted by Gasteiger charge is 2.13. The average molecular weight is 254 g/mol. The first-order valence-electron chi connectivity index (χ1n) is 7.28. The molecule has 1 aromatic rings. The van der Waals surface area contributed by atoms with Crippen molar-refractivity contribution in [3.05, 3.63) is 44.5 Å². The predicted octanol–water partition coefficient (Wildman–Crippen LogP) is 5.08. The third-order valence-electron chi connectivity index (χ3n) is 4.87. The Balaban J connectivity index is 3.34. The van der Waals surface area contributed by atoms with Gasteiger partial charge in [0.25, 0.3) is 0 Å². The zero-order valence-electron chi connectivity index (χ0n) is 13.7. The van der Waals surface area contributed by atoms with Crippen LogP contribution < -0.4 is 0 Å². The van der Waals surface area contributed by atoms with Crippen LogP contribution in [0.4, 0.5) is 0 Å². The van der Waals surface area contributed by atoms with E-state index >= 15 is 0 Å². The lowest BCUT2D eigenvalue weighted by Crippen LogP contribution is -2.04. The summed E-state index contributed by atoms with van der Waals surface area (Å²) in [6.07, 6.45) is 2.79. The highest BCUT2D eigenvalue weighted by molar-refractivity contribution is 6.10. The smallest absolute Gasteiger partial charge is 0.0712 e. The van der Waals surface area contributed by atoms with Crippen molar-refractivity contribution < 1.29 is 0 Å². The molecule has 0 heterocycles. The Morgan fingerprint density at radius 2 is 1.26 bits per heavy atom. The second-order valence-corrected chi connectivity index (χ2v) is 5.72. The minimum Gasteiger partial charge on any atom is -0.0798 e. The molecule has 0 saturated carbocycles. The van der Waals surface area contributed by atoms with Crippen molar-refractivity contribution >= 4 is 7.85 Å². The highest BCUT2D eigenvalue weighted by atomic mass is 14.2. The summed E-state index contributed by atoms with van der Waals surface area (Å²) in [6.45, 7) is 15.6. The fourth-order valence-electron chi connectivity index (χ4n) is 2.85. The molecule has 0 aliphatic rings. The molecule has 0 atom stereocenters. The molecule has 0 aromatic heterocycles. The van der Waals surface area contributed by atoms with Gasteiger partial charge in [-0.05, 0) is 87.8 Å². The number of allylic oxidation sites excluding steroid dienone is 2. The van der Waals surface area contributed by atoms with Crippen LogP contribution in [0.25, 0.3) is 0 Å². The maximum atomic E-state index is 5.84. The molecule has 0 fully saturated rings. The molecule has 0 N–H and O–H groups in total. The molecule has 102 valence electrons. The molecule has 0 bridgehead atoms. The lowest BCUT2D eigenvalue weighted by atomic mass is 9.84. The van der Waals surface area contributed by atoms with Crippen molar-refractivity contribution in [2.45, 2.75) is 67.6 Å². The lowest BCUT2D eigenvalue weighted by molar-refractivity contribution is 0.978. The quantitative estimate of drug-likeness (QED) is 0.519. The first kappa shape index (κ1) is 16.1. The van der Waals surface area contributed by atoms with Crippen LogP contribution >= 0.6 is 0 Å². The molecule has 0 aliphatic heterocycles. The molecular weight excluding hydrogens is 227 g/mol. The van der Waals surface area contributed by atoms with E-state index in [2.05, 4.69) is 48.5 Å². The summed E-state index contributed by atoms with van der Waals surface area (Å²) in [5.41, 5.74) is 11.6. The minimum absolute atomic E-state index is 0.685. The lowest BCUT2D eigenvalue weighted by Gasteiger charge is -2.20. The van der Waals surface area contributed by atoms with Gasteiger partial charge >= 0.3 is 0 Å². The predicted molar refractivity (Wildman–Crippen MR) is 87.4 cm³/mol. The van der Waals surface area contributed by atoms with Crippen LogP contribution in [0.3, 0.4) is 0 Å². The second kappa shape index (κ2) is 6.46. The Kier molecular flexibility index (Phi) is 5.46. The van der Waals surface area contributed by atoms with Crippen LogP contribution in [-0.4, -0.2) is 7.85 Å². The first-order valence-corrected chi connectivity index (χ1v) is 7.28. The van der Waals surface area contributed by atoms with Gasteiger partial charge in [-0.15, -0.1) is 0 Å². The second-order valence-electron chi connectivity index (χ2n) is 5.72. The maximum Gasteiger partial charge on any atom is 0.0712 e. The molecular formula is C18H27B. The van der Waals surface area contributed by atoms with E-state index in [-0.39, 0.29) is 0 Å². The fraction of sp³-hybridized carbons (Fsp3) is 0.556. The minimum atomic E-state index is 0.685. The Morgan fingerprint density at radius 1 is 0.842 bits per heavy atom. The topological polar surface area (TPSA) is 0 Å². The monoisotopic (exact) mass is 254 g/mol. The van der Waals surface area contributed by atoms with Gasteiger partial charge < -0.3 is 0 Å². The van der Waals surface area contributed by atoms with Gasteiger partial charge in [-0.25, -0.2) is 0 Å². The van der Waals surface area contributed by atoms with Gasteiger partial charge in [0, 0.05) is 0 Å². The molecule has 19 heavy (non-hydrogen) atoms. The van der Waals surface area contributed by atoms with Crippen molar-refractivity contribution in [3.63, 3.8) is 0 Å². The van der Waals surface area contributed by atoms with Crippen molar-refractivity contribution in [2.75, 3.05) is 0 Å². The van der Waals surface area contributed by atoms with E-state index in [1.807, 2.05) is 0 Å². The highest BCUT2D eigenvalue weighted by Crippen LogP contribution is 2.29. The maximum absolute atomic E-state index is 5.84. The summed E-state index contributed by atoms with van der Waals surface area (Å²) in [6, 6.07) is 0. The van der Waals surface area contributed by atoms with E-state index in [0.29, 0.717) is 6.32 Å². The Bertz CT molecular complexity index is 472. The summed E-state index contributed by atoms with van der Waals surface area (Å²) in [5.74, 6) is 0. The molecule has 0 amide bonds. The van der Waals surface area contributed by atoms with Crippen molar-refractivity contribution in [3.8, 4) is 0 Å². The normalized spacial score (nSPS) is 12.6. The molecule has 0 unspecified atom stereocenters. The molecule has 1 aromatic carbocycles. The zero-order valence-corrected chi connectivity index (χ0v) is 13.7. The van der Waals surface area contributed by atoms with E-state index in [9.17, 15) is 0 Å². The van der Waals surface area contributed by atoms with Crippen LogP contribution in [0.5, 0.6) is 0 Å². The van der Waals surface area contributed by atoms with Gasteiger partial charge in [0.2, 0.25) is 0 Å². The van der Waals surface area contributed by atoms with E-state index in [1.165, 1.54) is 44.5 Å². The van der Waals surface area contributed by atoms with E-state index in [0.717, 1.165) is 12.8 Å². The van der Waals surface area contributed by atoms with Gasteiger partial charge in [-0.2, -0.15) is 0 Å². The molecule has 0 spiro atoms. The van der Waals surface area contributed by atoms with Crippen molar-refractivity contribution in [2.24, 2.45) is 0 Å². The zero-order chi connectivity index (χ0) is 14.7. The number of benzene rings is 1. The SMILES string of the molecule is [B]C/C(CC)=C(/C)Cc1c(C)c(C)c(C)c(C)c1C. The number of hydrogen-bond donors (Lipinski definition) is 0. The van der Waals surface area contributed by atoms with E-state index in [1.54, 1.807) is 0 Å². The van der Waals surface area contributed by atoms with E-state index < -0.39 is 0 Å². The summed E-state index contributed by atoms with van der Waals surface area (Å²) >= 11 is 0. The standard InChI is InChI=1S/C18H27B/c1-8-17(10-19)11(2)9-18-15(6)13(4)12(3)14(5)16(18)7/h8-10H2,1-7H3/b17-11-. The van der Waals surface area contributed by atoms with Crippen molar-refractivity contribution in [1.82, 2.24) is 0 Å². The summed E-state index contributed by atoms with van der Waals surface area (Å²) in [5, 5.41) is 0. The molecule has 1 rings (SSSR count). The molecule has 0 nitrogen and oxygen atoms in total. The first-order chi connectivity index (χ1) is 8.84. The third-order valence-corrected chi connectivity index (χ3v) is 4.87. The van der Waals surface area contributed by atoms with Crippen LogP contribution in [0.1, 0.15) is 53.6 Å². The van der Waals surface area contributed by atoms with Crippen LogP contribution in [0, 0.1) is 34.6 Å². The van der Waals surface area contributed by atoms with Crippen LogP contribution in [-0.2, 0) is 6.42 Å². The van der Waals surface area contributed by atoms with Gasteiger partial charge in [0.05, 0.1) is 7.85 Å². The van der Waals surface area contributed by atoms with Gasteiger partial charge in [-0.3, -0.25) is 0 Å².